The minimum atomic E-state index is -0.335. The van der Waals surface area contributed by atoms with Crippen LogP contribution >= 0.6 is 0 Å². The van der Waals surface area contributed by atoms with Gasteiger partial charge >= 0.3 is 0 Å². The van der Waals surface area contributed by atoms with E-state index >= 15 is 0 Å². The molecule has 2 N–H and O–H groups in total. The highest BCUT2D eigenvalue weighted by atomic mass is 19.1. The molecule has 3 rings (SSSR count). The molecule has 1 aromatic rings. The van der Waals surface area contributed by atoms with E-state index in [0.717, 1.165) is 30.2 Å². The topological polar surface area (TPSA) is 35.2 Å². The summed E-state index contributed by atoms with van der Waals surface area (Å²) >= 11 is 0. The van der Waals surface area contributed by atoms with Gasteiger partial charge in [-0.05, 0) is 49.7 Å². The summed E-state index contributed by atoms with van der Waals surface area (Å²) in [6, 6.07) is 3.09. The molecule has 2 unspecified atom stereocenters. The number of nitrogens with two attached hydrogens (primary N) is 1. The molecule has 2 saturated carbocycles. The lowest BCUT2D eigenvalue weighted by molar-refractivity contribution is 0.185. The van der Waals surface area contributed by atoms with Gasteiger partial charge in [-0.2, -0.15) is 0 Å². The Morgan fingerprint density at radius 2 is 1.94 bits per heavy atom. The second-order valence-corrected chi connectivity index (χ2v) is 5.12. The van der Waals surface area contributed by atoms with Gasteiger partial charge in [0.15, 0.2) is 11.6 Å². The number of benzene rings is 1. The number of ether oxygens (including phenoxy) is 1. The van der Waals surface area contributed by atoms with Gasteiger partial charge in [-0.1, -0.05) is 0 Å². The largest absolute Gasteiger partial charge is 0.487 e. The van der Waals surface area contributed by atoms with Crippen LogP contribution in [0.15, 0.2) is 12.1 Å². The van der Waals surface area contributed by atoms with E-state index < -0.39 is 0 Å². The standard InChI is InChI=1S/C13H16FNO/c1-7-2-10(15)6-12(14)13(7)16-11-4-8-3-9(8)5-11/h2,6,8-9,11H,3-5,15H2,1H3. The van der Waals surface area contributed by atoms with Crippen LogP contribution < -0.4 is 10.5 Å². The average Bonchev–Trinajstić information content (AvgIpc) is 2.80. The van der Waals surface area contributed by atoms with Gasteiger partial charge in [0.05, 0.1) is 6.10 Å². The third-order valence-corrected chi connectivity index (χ3v) is 3.74. The zero-order chi connectivity index (χ0) is 11.3. The molecule has 3 heteroatoms. The lowest BCUT2D eigenvalue weighted by Gasteiger charge is -2.17. The van der Waals surface area contributed by atoms with E-state index in [-0.39, 0.29) is 11.9 Å². The Morgan fingerprint density at radius 3 is 2.56 bits per heavy atom. The van der Waals surface area contributed by atoms with Crippen molar-refractivity contribution in [3.8, 4) is 5.75 Å². The van der Waals surface area contributed by atoms with Crippen LogP contribution in [0.1, 0.15) is 24.8 Å². The van der Waals surface area contributed by atoms with E-state index in [0.29, 0.717) is 11.4 Å². The van der Waals surface area contributed by atoms with Gasteiger partial charge in [0, 0.05) is 11.8 Å². The molecule has 0 radical (unpaired) electrons. The van der Waals surface area contributed by atoms with Crippen molar-refractivity contribution in [2.45, 2.75) is 32.3 Å². The van der Waals surface area contributed by atoms with Crippen molar-refractivity contribution in [1.29, 1.82) is 0 Å². The van der Waals surface area contributed by atoms with Crippen LogP contribution in [-0.2, 0) is 0 Å². The van der Waals surface area contributed by atoms with Crippen molar-refractivity contribution in [2.24, 2.45) is 11.8 Å². The van der Waals surface area contributed by atoms with Gasteiger partial charge in [0.1, 0.15) is 0 Å². The van der Waals surface area contributed by atoms with Crippen LogP contribution in [0.5, 0.6) is 5.75 Å². The number of halogens is 1. The van der Waals surface area contributed by atoms with Gasteiger partial charge in [-0.25, -0.2) is 4.39 Å². The molecule has 1 aromatic carbocycles. The third-order valence-electron chi connectivity index (χ3n) is 3.74. The predicted molar refractivity (Wildman–Crippen MR) is 60.8 cm³/mol. The SMILES string of the molecule is Cc1cc(N)cc(F)c1OC1CC2CC2C1. The molecule has 0 aliphatic heterocycles. The molecule has 2 aliphatic carbocycles. The van der Waals surface area contributed by atoms with Crippen molar-refractivity contribution < 1.29 is 9.13 Å². The Kier molecular flexibility index (Phi) is 2.09. The fourth-order valence-corrected chi connectivity index (χ4v) is 2.83. The molecule has 0 bridgehead atoms. The molecule has 0 spiro atoms. The number of aryl methyl sites for hydroxylation is 1. The van der Waals surface area contributed by atoms with Crippen molar-refractivity contribution in [3.05, 3.63) is 23.5 Å². The van der Waals surface area contributed by atoms with E-state index in [1.54, 1.807) is 6.07 Å². The highest BCUT2D eigenvalue weighted by molar-refractivity contribution is 5.48. The van der Waals surface area contributed by atoms with Crippen LogP contribution in [0.25, 0.3) is 0 Å². The molecule has 2 aliphatic rings. The summed E-state index contributed by atoms with van der Waals surface area (Å²) in [7, 11) is 0. The zero-order valence-corrected chi connectivity index (χ0v) is 9.37. The highest BCUT2D eigenvalue weighted by Gasteiger charge is 2.47. The second kappa shape index (κ2) is 3.37. The Labute approximate surface area is 94.6 Å². The van der Waals surface area contributed by atoms with E-state index in [1.165, 1.54) is 12.5 Å². The first-order chi connectivity index (χ1) is 7.63. The summed E-state index contributed by atoms with van der Waals surface area (Å²) in [5.74, 6) is 1.75. The Balaban J connectivity index is 1.78. The molecular weight excluding hydrogens is 205 g/mol. The molecule has 2 nitrogen and oxygen atoms in total. The smallest absolute Gasteiger partial charge is 0.167 e. The molecule has 86 valence electrons. The van der Waals surface area contributed by atoms with Gasteiger partial charge in [-0.15, -0.1) is 0 Å². The third kappa shape index (κ3) is 1.64. The summed E-state index contributed by atoms with van der Waals surface area (Å²) in [5.41, 5.74) is 6.82. The summed E-state index contributed by atoms with van der Waals surface area (Å²) < 4.78 is 19.4. The number of hydrogen-bond acceptors (Lipinski definition) is 2. The Bertz CT molecular complexity index is 399. The number of hydrogen-bond donors (Lipinski definition) is 1. The fraction of sp³-hybridized carbons (Fsp3) is 0.538. The summed E-state index contributed by atoms with van der Waals surface area (Å²) in [6.07, 6.45) is 3.74. The normalized spacial score (nSPS) is 31.2. The minimum absolute atomic E-state index is 0.209. The first-order valence-corrected chi connectivity index (χ1v) is 5.86. The van der Waals surface area contributed by atoms with Gasteiger partial charge in [0.2, 0.25) is 0 Å². The summed E-state index contributed by atoms with van der Waals surface area (Å²) in [5, 5.41) is 0. The van der Waals surface area contributed by atoms with Crippen molar-refractivity contribution in [2.75, 3.05) is 5.73 Å². The highest BCUT2D eigenvalue weighted by Crippen LogP contribution is 2.52. The Hall–Kier alpha value is -1.25. The lowest BCUT2D eigenvalue weighted by Crippen LogP contribution is -2.15. The molecule has 0 saturated heterocycles. The van der Waals surface area contributed by atoms with E-state index in [9.17, 15) is 4.39 Å². The zero-order valence-electron chi connectivity index (χ0n) is 9.37. The molecule has 2 fully saturated rings. The maximum Gasteiger partial charge on any atom is 0.167 e. The van der Waals surface area contributed by atoms with E-state index in [2.05, 4.69) is 0 Å². The Morgan fingerprint density at radius 1 is 1.25 bits per heavy atom. The minimum Gasteiger partial charge on any atom is -0.487 e. The molecular formula is C13H16FNO. The maximum absolute atomic E-state index is 13.7. The van der Waals surface area contributed by atoms with Crippen molar-refractivity contribution >= 4 is 5.69 Å². The fourth-order valence-electron chi connectivity index (χ4n) is 2.83. The predicted octanol–water partition coefficient (Wildman–Crippen LogP) is 2.89. The van der Waals surface area contributed by atoms with Crippen LogP contribution in [0.3, 0.4) is 0 Å². The molecule has 0 aromatic heterocycles. The van der Waals surface area contributed by atoms with Gasteiger partial charge < -0.3 is 10.5 Å². The number of anilines is 1. The second-order valence-electron chi connectivity index (χ2n) is 5.12. The molecule has 0 amide bonds. The quantitative estimate of drug-likeness (QED) is 0.779. The van der Waals surface area contributed by atoms with Crippen molar-refractivity contribution in [3.63, 3.8) is 0 Å². The van der Waals surface area contributed by atoms with E-state index in [1.807, 2.05) is 6.92 Å². The average molecular weight is 221 g/mol. The van der Waals surface area contributed by atoms with Gasteiger partial charge in [-0.3, -0.25) is 0 Å². The number of nitrogen functional groups attached to an aromatic ring is 1. The lowest BCUT2D eigenvalue weighted by atomic mass is 10.1. The number of fused-ring (bicyclic) bond motifs is 1. The molecule has 16 heavy (non-hydrogen) atoms. The summed E-state index contributed by atoms with van der Waals surface area (Å²) in [4.78, 5) is 0. The van der Waals surface area contributed by atoms with Crippen LogP contribution in [0, 0.1) is 24.6 Å². The van der Waals surface area contributed by atoms with Gasteiger partial charge in [0.25, 0.3) is 0 Å². The van der Waals surface area contributed by atoms with Crippen molar-refractivity contribution in [1.82, 2.24) is 0 Å². The molecule has 0 heterocycles. The first kappa shape index (κ1) is 9.94. The van der Waals surface area contributed by atoms with Crippen LogP contribution in [0.4, 0.5) is 10.1 Å². The monoisotopic (exact) mass is 221 g/mol. The maximum atomic E-state index is 13.7. The van der Waals surface area contributed by atoms with Crippen LogP contribution in [-0.4, -0.2) is 6.10 Å². The first-order valence-electron chi connectivity index (χ1n) is 5.86. The van der Waals surface area contributed by atoms with E-state index in [4.69, 9.17) is 10.5 Å². The molecule has 2 atom stereocenters. The number of rotatable bonds is 2. The summed E-state index contributed by atoms with van der Waals surface area (Å²) in [6.45, 7) is 1.84. The van der Waals surface area contributed by atoms with Crippen LogP contribution in [0.2, 0.25) is 0 Å².